The van der Waals surface area contributed by atoms with E-state index in [1.54, 1.807) is 0 Å². The van der Waals surface area contributed by atoms with E-state index in [9.17, 15) is 0 Å². The Hall–Kier alpha value is -1.07. The second-order valence-corrected chi connectivity index (χ2v) is 5.67. The van der Waals surface area contributed by atoms with E-state index >= 15 is 0 Å². The fourth-order valence-electron chi connectivity index (χ4n) is 2.25. The van der Waals surface area contributed by atoms with Crippen molar-refractivity contribution >= 4 is 17.4 Å². The molecule has 3 rings (SSSR count). The van der Waals surface area contributed by atoms with Crippen LogP contribution in [0.5, 0.6) is 0 Å². The molecular formula is C12H16N4S. The molecule has 1 unspecified atom stereocenters. The van der Waals surface area contributed by atoms with Gasteiger partial charge in [0.15, 0.2) is 5.65 Å². The number of thioether (sulfide) groups is 1. The van der Waals surface area contributed by atoms with Crippen LogP contribution in [0.3, 0.4) is 0 Å². The number of hydrogen-bond acceptors (Lipinski definition) is 4. The zero-order chi connectivity index (χ0) is 11.7. The Balaban J connectivity index is 1.89. The minimum Gasteiger partial charge on any atom is -0.326 e. The first-order chi connectivity index (χ1) is 8.36. The van der Waals surface area contributed by atoms with Crippen LogP contribution in [0.2, 0.25) is 0 Å². The summed E-state index contributed by atoms with van der Waals surface area (Å²) < 4.78 is 2.09. The van der Waals surface area contributed by atoms with Crippen LogP contribution in [-0.2, 0) is 13.0 Å². The number of hydrogen-bond donors (Lipinski definition) is 1. The van der Waals surface area contributed by atoms with Crippen LogP contribution in [0.4, 0.5) is 0 Å². The number of pyridine rings is 1. The summed E-state index contributed by atoms with van der Waals surface area (Å²) in [6.45, 7) is 0.554. The van der Waals surface area contributed by atoms with E-state index in [0.717, 1.165) is 29.4 Å². The number of aromatic nitrogens is 3. The molecule has 3 heterocycles. The summed E-state index contributed by atoms with van der Waals surface area (Å²) in [5.74, 6) is 4.40. The summed E-state index contributed by atoms with van der Waals surface area (Å²) in [4.78, 5) is 0. The summed E-state index contributed by atoms with van der Waals surface area (Å²) >= 11 is 2.04. The van der Waals surface area contributed by atoms with Gasteiger partial charge in [-0.2, -0.15) is 11.8 Å². The second-order valence-electron chi connectivity index (χ2n) is 4.52. The smallest absolute Gasteiger partial charge is 0.161 e. The molecule has 17 heavy (non-hydrogen) atoms. The molecule has 2 N–H and O–H groups in total. The van der Waals surface area contributed by atoms with E-state index < -0.39 is 0 Å². The highest BCUT2D eigenvalue weighted by atomic mass is 32.2. The Bertz CT molecular complexity index is 516. The van der Waals surface area contributed by atoms with E-state index in [-0.39, 0.29) is 0 Å². The first-order valence-corrected chi connectivity index (χ1v) is 7.12. The lowest BCUT2D eigenvalue weighted by atomic mass is 10.1. The van der Waals surface area contributed by atoms with Crippen molar-refractivity contribution in [1.29, 1.82) is 0 Å². The average molecular weight is 248 g/mol. The van der Waals surface area contributed by atoms with Gasteiger partial charge >= 0.3 is 0 Å². The molecule has 1 aliphatic heterocycles. The number of nitrogens with two attached hydrogens (primary N) is 1. The lowest BCUT2D eigenvalue weighted by Crippen LogP contribution is -2.06. The van der Waals surface area contributed by atoms with Gasteiger partial charge in [0.2, 0.25) is 0 Å². The highest BCUT2D eigenvalue weighted by Gasteiger charge is 2.18. The predicted molar refractivity (Wildman–Crippen MR) is 70.0 cm³/mol. The number of fused-ring (bicyclic) bond motifs is 1. The lowest BCUT2D eigenvalue weighted by molar-refractivity contribution is 0.572. The Morgan fingerprint density at radius 1 is 1.47 bits per heavy atom. The third kappa shape index (κ3) is 2.17. The van der Waals surface area contributed by atoms with Gasteiger partial charge in [0.1, 0.15) is 5.82 Å². The van der Waals surface area contributed by atoms with Gasteiger partial charge in [-0.25, -0.2) is 0 Å². The van der Waals surface area contributed by atoms with Crippen molar-refractivity contribution < 1.29 is 0 Å². The quantitative estimate of drug-likeness (QED) is 0.894. The minimum atomic E-state index is 0.554. The average Bonchev–Trinajstić information content (AvgIpc) is 2.99. The Labute approximate surface area is 105 Å². The molecule has 0 aromatic carbocycles. The van der Waals surface area contributed by atoms with Crippen molar-refractivity contribution in [2.45, 2.75) is 19.4 Å². The fourth-order valence-corrected chi connectivity index (χ4v) is 3.54. The maximum absolute atomic E-state index is 5.62. The van der Waals surface area contributed by atoms with Crippen LogP contribution < -0.4 is 5.73 Å². The maximum Gasteiger partial charge on any atom is 0.161 e. The summed E-state index contributed by atoms with van der Waals surface area (Å²) in [5, 5.41) is 8.52. The van der Waals surface area contributed by atoms with Crippen molar-refractivity contribution in [3.63, 3.8) is 0 Å². The third-order valence-corrected chi connectivity index (χ3v) is 4.51. The van der Waals surface area contributed by atoms with Crippen LogP contribution in [-0.4, -0.2) is 26.1 Å². The molecule has 1 atom stereocenters. The van der Waals surface area contributed by atoms with Crippen molar-refractivity contribution in [3.05, 3.63) is 29.7 Å². The fraction of sp³-hybridized carbons (Fsp3) is 0.500. The van der Waals surface area contributed by atoms with Crippen molar-refractivity contribution in [2.75, 3.05) is 11.5 Å². The van der Waals surface area contributed by atoms with Gasteiger partial charge in [0, 0.05) is 19.2 Å². The molecule has 2 aromatic heterocycles. The van der Waals surface area contributed by atoms with Gasteiger partial charge < -0.3 is 5.73 Å². The van der Waals surface area contributed by atoms with Gasteiger partial charge in [-0.1, -0.05) is 0 Å². The standard InChI is InChI=1S/C12H16N4S/c13-7-9-1-3-16-11(5-9)14-15-12(16)6-10-2-4-17-8-10/h1,3,5,10H,2,4,6-8,13H2. The molecule has 0 aliphatic carbocycles. The van der Waals surface area contributed by atoms with Gasteiger partial charge in [0.05, 0.1) is 0 Å². The zero-order valence-electron chi connectivity index (χ0n) is 9.67. The molecule has 1 saturated heterocycles. The molecule has 0 bridgehead atoms. The summed E-state index contributed by atoms with van der Waals surface area (Å²) in [6, 6.07) is 4.06. The molecule has 0 spiro atoms. The first-order valence-electron chi connectivity index (χ1n) is 5.97. The minimum absolute atomic E-state index is 0.554. The Morgan fingerprint density at radius 2 is 2.41 bits per heavy atom. The molecule has 0 amide bonds. The van der Waals surface area contributed by atoms with E-state index in [1.807, 2.05) is 30.1 Å². The number of rotatable bonds is 3. The molecular weight excluding hydrogens is 232 g/mol. The van der Waals surface area contributed by atoms with Gasteiger partial charge in [-0.15, -0.1) is 10.2 Å². The maximum atomic E-state index is 5.62. The van der Waals surface area contributed by atoms with Gasteiger partial charge in [-0.05, 0) is 41.5 Å². The van der Waals surface area contributed by atoms with Crippen LogP contribution in [0.25, 0.3) is 5.65 Å². The summed E-state index contributed by atoms with van der Waals surface area (Å²) in [6.07, 6.45) is 4.38. The lowest BCUT2D eigenvalue weighted by Gasteiger charge is -2.06. The van der Waals surface area contributed by atoms with Gasteiger partial charge in [0.25, 0.3) is 0 Å². The first kappa shape index (κ1) is 11.0. The molecule has 0 saturated carbocycles. The summed E-state index contributed by atoms with van der Waals surface area (Å²) in [5.41, 5.74) is 7.63. The zero-order valence-corrected chi connectivity index (χ0v) is 10.5. The predicted octanol–water partition coefficient (Wildman–Crippen LogP) is 1.48. The molecule has 1 aliphatic rings. The monoisotopic (exact) mass is 248 g/mol. The Morgan fingerprint density at radius 3 is 3.18 bits per heavy atom. The van der Waals surface area contributed by atoms with Crippen LogP contribution in [0.15, 0.2) is 18.3 Å². The van der Waals surface area contributed by atoms with E-state index in [0.29, 0.717) is 6.54 Å². The van der Waals surface area contributed by atoms with Crippen LogP contribution in [0, 0.1) is 5.92 Å². The second kappa shape index (κ2) is 4.66. The van der Waals surface area contributed by atoms with Crippen molar-refractivity contribution in [1.82, 2.24) is 14.6 Å². The summed E-state index contributed by atoms with van der Waals surface area (Å²) in [7, 11) is 0. The van der Waals surface area contributed by atoms with Crippen LogP contribution >= 0.6 is 11.8 Å². The highest BCUT2D eigenvalue weighted by Crippen LogP contribution is 2.26. The molecule has 5 heteroatoms. The van der Waals surface area contributed by atoms with Crippen molar-refractivity contribution in [2.24, 2.45) is 11.7 Å². The van der Waals surface area contributed by atoms with E-state index in [1.165, 1.54) is 17.9 Å². The Kier molecular flexibility index (Phi) is 3.03. The molecule has 4 nitrogen and oxygen atoms in total. The topological polar surface area (TPSA) is 56.2 Å². The largest absolute Gasteiger partial charge is 0.326 e. The van der Waals surface area contributed by atoms with Gasteiger partial charge in [-0.3, -0.25) is 4.40 Å². The molecule has 90 valence electrons. The number of nitrogens with zero attached hydrogens (tertiary/aromatic N) is 3. The molecule has 1 fully saturated rings. The molecule has 0 radical (unpaired) electrons. The van der Waals surface area contributed by atoms with E-state index in [4.69, 9.17) is 5.73 Å². The third-order valence-electron chi connectivity index (χ3n) is 3.28. The normalized spacial score (nSPS) is 20.2. The SMILES string of the molecule is NCc1ccn2c(CC3CCSC3)nnc2c1. The molecule has 2 aromatic rings. The van der Waals surface area contributed by atoms with Crippen LogP contribution in [0.1, 0.15) is 17.8 Å². The van der Waals surface area contributed by atoms with E-state index in [2.05, 4.69) is 14.6 Å². The van der Waals surface area contributed by atoms with Crippen molar-refractivity contribution in [3.8, 4) is 0 Å². The highest BCUT2D eigenvalue weighted by molar-refractivity contribution is 7.99.